The van der Waals surface area contributed by atoms with Crippen molar-refractivity contribution in [1.29, 1.82) is 0 Å². The number of aliphatic hydroxyl groups excluding tert-OH is 4. The number of thioether (sulfide) groups is 1. The van der Waals surface area contributed by atoms with Gasteiger partial charge in [-0.25, -0.2) is 0 Å². The summed E-state index contributed by atoms with van der Waals surface area (Å²) in [6, 6.07) is 0. The highest BCUT2D eigenvalue weighted by molar-refractivity contribution is 8.00. The highest BCUT2D eigenvalue weighted by Crippen LogP contribution is 2.45. The number of carbonyl (C=O) groups excluding carboxylic acids is 1. The fourth-order valence-corrected chi connectivity index (χ4v) is 5.55. The van der Waals surface area contributed by atoms with Crippen molar-refractivity contribution in [2.24, 2.45) is 11.8 Å². The third-order valence-electron chi connectivity index (χ3n) is 5.85. The predicted molar refractivity (Wildman–Crippen MR) is 97.6 cm³/mol. The van der Waals surface area contributed by atoms with Crippen molar-refractivity contribution in [1.82, 2.24) is 4.90 Å². The van der Waals surface area contributed by atoms with Crippen molar-refractivity contribution in [3.05, 3.63) is 24.5 Å². The number of hydrogen-bond donors (Lipinski definition) is 4. The van der Waals surface area contributed by atoms with E-state index in [0.29, 0.717) is 5.57 Å². The van der Waals surface area contributed by atoms with Crippen LogP contribution >= 0.6 is 11.8 Å². The first kappa shape index (κ1) is 20.1. The lowest BCUT2D eigenvalue weighted by Crippen LogP contribution is -2.60. The highest BCUT2D eigenvalue weighted by atomic mass is 32.2. The van der Waals surface area contributed by atoms with Crippen LogP contribution in [0.25, 0.3) is 0 Å². The van der Waals surface area contributed by atoms with Gasteiger partial charge < -0.3 is 39.5 Å². The molecule has 0 aliphatic carbocycles. The number of fused-ring (bicyclic) bond motifs is 2. The number of hydrogen-bond acceptors (Lipinski definition) is 9. The summed E-state index contributed by atoms with van der Waals surface area (Å²) in [4.78, 5) is 14.6. The van der Waals surface area contributed by atoms with E-state index in [4.69, 9.17) is 14.2 Å². The van der Waals surface area contributed by atoms with Crippen LogP contribution in [0, 0.1) is 11.8 Å². The number of carbonyl (C=O) groups is 1. The van der Waals surface area contributed by atoms with Crippen LogP contribution in [0.4, 0.5) is 0 Å². The van der Waals surface area contributed by atoms with Crippen LogP contribution in [0.5, 0.6) is 0 Å². The molecule has 0 aromatic heterocycles. The zero-order valence-corrected chi connectivity index (χ0v) is 16.0. The molecule has 4 heterocycles. The third kappa shape index (κ3) is 3.26. The molecule has 3 saturated heterocycles. The molecule has 3 fully saturated rings. The maximum absolute atomic E-state index is 12.7. The van der Waals surface area contributed by atoms with Gasteiger partial charge in [-0.2, -0.15) is 0 Å². The van der Waals surface area contributed by atoms with Gasteiger partial charge in [0.2, 0.25) is 6.29 Å². The summed E-state index contributed by atoms with van der Waals surface area (Å²) in [5.74, 6) is 0.366. The first-order valence-electron chi connectivity index (χ1n) is 9.33. The Balaban J connectivity index is 1.52. The van der Waals surface area contributed by atoms with Crippen LogP contribution in [0.2, 0.25) is 0 Å². The van der Waals surface area contributed by atoms with Crippen molar-refractivity contribution in [2.45, 2.75) is 48.8 Å². The fourth-order valence-electron chi connectivity index (χ4n) is 4.25. The van der Waals surface area contributed by atoms with Gasteiger partial charge in [-0.1, -0.05) is 6.08 Å². The summed E-state index contributed by atoms with van der Waals surface area (Å²) in [5.41, 5.74) is 0.581. The zero-order valence-electron chi connectivity index (χ0n) is 15.2. The second kappa shape index (κ2) is 7.94. The van der Waals surface area contributed by atoms with Crippen molar-refractivity contribution in [3.63, 3.8) is 0 Å². The minimum Gasteiger partial charge on any atom is -0.471 e. The smallest absolute Gasteiger partial charge is 0.254 e. The van der Waals surface area contributed by atoms with Crippen LogP contribution in [0.1, 0.15) is 6.42 Å². The van der Waals surface area contributed by atoms with Crippen LogP contribution in [-0.2, 0) is 19.0 Å². The Morgan fingerprint density at radius 3 is 2.79 bits per heavy atom. The summed E-state index contributed by atoms with van der Waals surface area (Å²) >= 11 is 1.75. The number of piperidine rings is 1. The lowest BCUT2D eigenvalue weighted by Gasteiger charge is -2.45. The van der Waals surface area contributed by atoms with Gasteiger partial charge in [0.05, 0.1) is 23.8 Å². The van der Waals surface area contributed by atoms with Gasteiger partial charge in [0.15, 0.2) is 6.29 Å². The molecule has 0 aromatic rings. The Labute approximate surface area is 166 Å². The minimum absolute atomic E-state index is 0.0376. The molecule has 0 aromatic carbocycles. The average molecular weight is 415 g/mol. The third-order valence-corrected chi connectivity index (χ3v) is 7.10. The Morgan fingerprint density at radius 2 is 2.07 bits per heavy atom. The van der Waals surface area contributed by atoms with E-state index >= 15 is 0 Å². The van der Waals surface area contributed by atoms with Gasteiger partial charge in [0, 0.05) is 24.1 Å². The molecule has 9 unspecified atom stereocenters. The number of rotatable bonds is 4. The highest BCUT2D eigenvalue weighted by Gasteiger charge is 2.50. The quantitative estimate of drug-likeness (QED) is 0.417. The van der Waals surface area contributed by atoms with E-state index in [1.165, 1.54) is 6.26 Å². The van der Waals surface area contributed by atoms with E-state index in [0.717, 1.165) is 18.7 Å². The molecule has 4 aliphatic heterocycles. The van der Waals surface area contributed by atoms with Gasteiger partial charge in [0.1, 0.15) is 24.4 Å². The van der Waals surface area contributed by atoms with Crippen molar-refractivity contribution >= 4 is 17.7 Å². The SMILES string of the molecule is C=CC1C(OC2OC(CO)C(O)C(O)C2O)OC=C2C(=O)N3CCSC3CC21. The van der Waals surface area contributed by atoms with Gasteiger partial charge in [-0.15, -0.1) is 18.3 Å². The Morgan fingerprint density at radius 1 is 1.29 bits per heavy atom. The molecule has 4 aliphatic rings. The summed E-state index contributed by atoms with van der Waals surface area (Å²) in [7, 11) is 0. The molecule has 4 rings (SSSR count). The van der Waals surface area contributed by atoms with Gasteiger partial charge in [-0.05, 0) is 6.42 Å². The molecule has 0 bridgehead atoms. The van der Waals surface area contributed by atoms with Gasteiger partial charge in [-0.3, -0.25) is 4.79 Å². The van der Waals surface area contributed by atoms with E-state index in [9.17, 15) is 25.2 Å². The molecular formula is C18H25NO8S. The van der Waals surface area contributed by atoms with E-state index < -0.39 is 43.6 Å². The Hall–Kier alpha value is -1.14. The van der Waals surface area contributed by atoms with Crippen molar-refractivity contribution in [3.8, 4) is 0 Å². The Bertz CT molecular complexity index is 657. The maximum Gasteiger partial charge on any atom is 0.254 e. The van der Waals surface area contributed by atoms with Gasteiger partial charge >= 0.3 is 0 Å². The lowest BCUT2D eigenvalue weighted by molar-refractivity contribution is -0.339. The molecule has 9 nitrogen and oxygen atoms in total. The monoisotopic (exact) mass is 415 g/mol. The molecule has 156 valence electrons. The predicted octanol–water partition coefficient (Wildman–Crippen LogP) is -1.23. The topological polar surface area (TPSA) is 129 Å². The molecule has 0 saturated carbocycles. The van der Waals surface area contributed by atoms with Gasteiger partial charge in [0.25, 0.3) is 5.91 Å². The first-order chi connectivity index (χ1) is 13.5. The number of aliphatic hydroxyl groups is 4. The zero-order chi connectivity index (χ0) is 20.0. The van der Waals surface area contributed by atoms with E-state index in [1.54, 1.807) is 17.8 Å². The van der Waals surface area contributed by atoms with Crippen LogP contribution in [0.3, 0.4) is 0 Å². The summed E-state index contributed by atoms with van der Waals surface area (Å²) in [6.07, 6.45) is -3.98. The van der Waals surface area contributed by atoms with Crippen LogP contribution in [0.15, 0.2) is 24.5 Å². The second-order valence-corrected chi connectivity index (χ2v) is 8.68. The van der Waals surface area contributed by atoms with Crippen molar-refractivity contribution < 1.29 is 39.4 Å². The molecule has 28 heavy (non-hydrogen) atoms. The number of ether oxygens (including phenoxy) is 3. The van der Waals surface area contributed by atoms with E-state index in [2.05, 4.69) is 6.58 Å². The molecule has 4 N–H and O–H groups in total. The second-order valence-electron chi connectivity index (χ2n) is 7.39. The molecular weight excluding hydrogens is 390 g/mol. The van der Waals surface area contributed by atoms with Crippen LogP contribution in [-0.4, -0.2) is 92.5 Å². The molecule has 10 heteroatoms. The normalized spacial score (nSPS) is 45.7. The summed E-state index contributed by atoms with van der Waals surface area (Å²) < 4.78 is 16.8. The van der Waals surface area contributed by atoms with E-state index in [1.807, 2.05) is 4.90 Å². The fraction of sp³-hybridized carbons (Fsp3) is 0.722. The summed E-state index contributed by atoms with van der Waals surface area (Å²) in [6.45, 7) is 4.03. The first-order valence-corrected chi connectivity index (χ1v) is 10.4. The van der Waals surface area contributed by atoms with Crippen molar-refractivity contribution in [2.75, 3.05) is 18.9 Å². The molecule has 0 radical (unpaired) electrons. The number of nitrogens with zero attached hydrogens (tertiary/aromatic N) is 1. The molecule has 0 spiro atoms. The lowest BCUT2D eigenvalue weighted by atomic mass is 9.79. The minimum atomic E-state index is -1.53. The van der Waals surface area contributed by atoms with Crippen LogP contribution < -0.4 is 0 Å². The standard InChI is InChI=1S/C18H25NO8S/c1-2-8-9-5-12-19(3-4-28-12)16(24)10(9)7-25-17(8)27-18-15(23)14(22)13(21)11(6-20)26-18/h2,7-9,11-15,17-18,20-23H,1,3-6H2. The van der Waals surface area contributed by atoms with E-state index in [-0.39, 0.29) is 23.1 Å². The molecule has 1 amide bonds. The summed E-state index contributed by atoms with van der Waals surface area (Å²) in [5, 5.41) is 39.5. The molecule has 9 atom stereocenters. The number of amides is 1. The Kier molecular flexibility index (Phi) is 5.71. The average Bonchev–Trinajstić information content (AvgIpc) is 3.17. The largest absolute Gasteiger partial charge is 0.471 e. The maximum atomic E-state index is 12.7.